The molecule has 0 saturated carbocycles. The van der Waals surface area contributed by atoms with Crippen LogP contribution in [0.4, 0.5) is 4.39 Å². The van der Waals surface area contributed by atoms with Gasteiger partial charge in [0.15, 0.2) is 5.65 Å². The Balaban J connectivity index is 1.94. The molecule has 0 aliphatic carbocycles. The molecule has 2 aromatic heterocycles. The molecule has 3 rings (SSSR count). The van der Waals surface area contributed by atoms with Crippen molar-refractivity contribution in [3.63, 3.8) is 0 Å². The molecule has 0 aliphatic rings. The van der Waals surface area contributed by atoms with Crippen molar-refractivity contribution in [2.75, 3.05) is 0 Å². The Bertz CT molecular complexity index is 983. The Kier molecular flexibility index (Phi) is 4.33. The molecule has 0 bridgehead atoms. The Morgan fingerprint density at radius 2 is 1.96 bits per heavy atom. The summed E-state index contributed by atoms with van der Waals surface area (Å²) in [5, 5.41) is 0. The van der Waals surface area contributed by atoms with Gasteiger partial charge in [0.2, 0.25) is 10.0 Å². The van der Waals surface area contributed by atoms with Crippen LogP contribution in [0.25, 0.3) is 11.2 Å². The number of nitrogens with one attached hydrogen (secondary N) is 1. The van der Waals surface area contributed by atoms with E-state index in [1.807, 2.05) is 24.5 Å². The predicted molar refractivity (Wildman–Crippen MR) is 88.3 cm³/mol. The topological polar surface area (TPSA) is 76.9 Å². The third-order valence-electron chi connectivity index (χ3n) is 3.58. The number of nitrogens with zero attached hydrogens (tertiary/aromatic N) is 3. The summed E-state index contributed by atoms with van der Waals surface area (Å²) in [6, 6.07) is 8.90. The van der Waals surface area contributed by atoms with Crippen molar-refractivity contribution in [1.29, 1.82) is 0 Å². The fraction of sp³-hybridized carbons (Fsp3) is 0.250. The van der Waals surface area contributed by atoms with Crippen LogP contribution in [0.3, 0.4) is 0 Å². The normalized spacial score (nSPS) is 12.2. The van der Waals surface area contributed by atoms with Crippen molar-refractivity contribution in [2.45, 2.75) is 31.3 Å². The number of sulfonamides is 1. The van der Waals surface area contributed by atoms with Crippen LogP contribution < -0.4 is 4.72 Å². The van der Waals surface area contributed by atoms with Gasteiger partial charge in [0.25, 0.3) is 0 Å². The van der Waals surface area contributed by atoms with Crippen LogP contribution >= 0.6 is 0 Å². The zero-order valence-electron chi connectivity index (χ0n) is 13.3. The highest BCUT2D eigenvalue weighted by atomic mass is 32.2. The summed E-state index contributed by atoms with van der Waals surface area (Å²) in [5.74, 6) is -0.261. The average Bonchev–Trinajstić information content (AvgIpc) is 2.92. The van der Waals surface area contributed by atoms with Crippen molar-refractivity contribution in [3.8, 4) is 0 Å². The van der Waals surface area contributed by atoms with Crippen LogP contribution in [0.5, 0.6) is 0 Å². The monoisotopic (exact) mass is 348 g/mol. The minimum atomic E-state index is -3.97. The first-order valence-electron chi connectivity index (χ1n) is 7.46. The van der Waals surface area contributed by atoms with Crippen molar-refractivity contribution < 1.29 is 12.8 Å². The fourth-order valence-corrected chi connectivity index (χ4v) is 3.60. The number of fused-ring (bicyclic) bond motifs is 1. The molecule has 0 atom stereocenters. The first-order valence-corrected chi connectivity index (χ1v) is 8.94. The quantitative estimate of drug-likeness (QED) is 0.769. The van der Waals surface area contributed by atoms with E-state index in [4.69, 9.17) is 0 Å². The number of hydrogen-bond donors (Lipinski definition) is 1. The van der Waals surface area contributed by atoms with Crippen LogP contribution in [0.1, 0.15) is 25.7 Å². The molecular formula is C16H17FN4O2S. The van der Waals surface area contributed by atoms with Gasteiger partial charge in [-0.1, -0.05) is 12.1 Å². The molecule has 0 spiro atoms. The van der Waals surface area contributed by atoms with E-state index < -0.39 is 15.8 Å². The number of rotatable bonds is 5. The third kappa shape index (κ3) is 3.02. The predicted octanol–water partition coefficient (Wildman–Crippen LogP) is 2.63. The SMILES string of the molecule is CC(C)n1c(CNS(=O)(=O)c2ccccc2F)nc2cccnc21. The van der Waals surface area contributed by atoms with E-state index in [1.54, 1.807) is 12.3 Å². The second-order valence-corrected chi connectivity index (χ2v) is 7.33. The smallest absolute Gasteiger partial charge is 0.243 e. The summed E-state index contributed by atoms with van der Waals surface area (Å²) in [5.41, 5.74) is 1.37. The van der Waals surface area contributed by atoms with E-state index in [9.17, 15) is 12.8 Å². The molecule has 126 valence electrons. The van der Waals surface area contributed by atoms with Gasteiger partial charge >= 0.3 is 0 Å². The molecule has 1 N–H and O–H groups in total. The molecule has 0 unspecified atom stereocenters. The average molecular weight is 348 g/mol. The Morgan fingerprint density at radius 3 is 2.67 bits per heavy atom. The maximum atomic E-state index is 13.7. The molecule has 0 radical (unpaired) electrons. The van der Waals surface area contributed by atoms with Crippen LogP contribution in [-0.2, 0) is 16.6 Å². The van der Waals surface area contributed by atoms with Gasteiger partial charge in [0, 0.05) is 12.2 Å². The maximum absolute atomic E-state index is 13.7. The Labute approximate surface area is 139 Å². The van der Waals surface area contributed by atoms with E-state index in [2.05, 4.69) is 14.7 Å². The summed E-state index contributed by atoms with van der Waals surface area (Å²) in [6.45, 7) is 3.88. The Morgan fingerprint density at radius 1 is 1.21 bits per heavy atom. The van der Waals surface area contributed by atoms with Gasteiger partial charge in [-0.05, 0) is 38.1 Å². The highest BCUT2D eigenvalue weighted by molar-refractivity contribution is 7.89. The van der Waals surface area contributed by atoms with Gasteiger partial charge < -0.3 is 4.57 Å². The van der Waals surface area contributed by atoms with Crippen molar-refractivity contribution >= 4 is 21.2 Å². The van der Waals surface area contributed by atoms with Crippen LogP contribution in [0.15, 0.2) is 47.5 Å². The van der Waals surface area contributed by atoms with Crippen molar-refractivity contribution in [2.24, 2.45) is 0 Å². The van der Waals surface area contributed by atoms with E-state index >= 15 is 0 Å². The molecule has 8 heteroatoms. The van der Waals surface area contributed by atoms with Crippen molar-refractivity contribution in [3.05, 3.63) is 54.2 Å². The lowest BCUT2D eigenvalue weighted by Gasteiger charge is -2.13. The van der Waals surface area contributed by atoms with Gasteiger partial charge in [-0.25, -0.2) is 27.5 Å². The highest BCUT2D eigenvalue weighted by Crippen LogP contribution is 2.20. The molecule has 6 nitrogen and oxygen atoms in total. The van der Waals surface area contributed by atoms with Crippen LogP contribution in [0.2, 0.25) is 0 Å². The summed E-state index contributed by atoms with van der Waals surface area (Å²) < 4.78 is 42.6. The summed E-state index contributed by atoms with van der Waals surface area (Å²) in [7, 11) is -3.97. The van der Waals surface area contributed by atoms with Gasteiger partial charge in [-0.2, -0.15) is 0 Å². The van der Waals surface area contributed by atoms with Gasteiger partial charge in [-0.3, -0.25) is 0 Å². The number of aromatic nitrogens is 3. The second-order valence-electron chi connectivity index (χ2n) is 5.59. The molecule has 0 aliphatic heterocycles. The van der Waals surface area contributed by atoms with Gasteiger partial charge in [-0.15, -0.1) is 0 Å². The molecule has 0 amide bonds. The zero-order chi connectivity index (χ0) is 17.3. The van der Waals surface area contributed by atoms with Crippen LogP contribution in [0, 0.1) is 5.82 Å². The number of halogens is 1. The van der Waals surface area contributed by atoms with Crippen LogP contribution in [-0.4, -0.2) is 23.0 Å². The first kappa shape index (κ1) is 16.5. The molecule has 0 fully saturated rings. The van der Waals surface area contributed by atoms with E-state index in [0.29, 0.717) is 17.0 Å². The summed E-state index contributed by atoms with van der Waals surface area (Å²) in [4.78, 5) is 8.36. The maximum Gasteiger partial charge on any atom is 0.243 e. The van der Waals surface area contributed by atoms with Gasteiger partial charge in [0.1, 0.15) is 22.1 Å². The number of imidazole rings is 1. The molecule has 3 aromatic rings. The van der Waals surface area contributed by atoms with E-state index in [0.717, 1.165) is 6.07 Å². The minimum Gasteiger partial charge on any atom is -0.309 e. The number of hydrogen-bond acceptors (Lipinski definition) is 4. The highest BCUT2D eigenvalue weighted by Gasteiger charge is 2.20. The third-order valence-corrected chi connectivity index (χ3v) is 5.02. The molecule has 24 heavy (non-hydrogen) atoms. The summed E-state index contributed by atoms with van der Waals surface area (Å²) in [6.07, 6.45) is 1.66. The van der Waals surface area contributed by atoms with Crippen molar-refractivity contribution in [1.82, 2.24) is 19.3 Å². The zero-order valence-corrected chi connectivity index (χ0v) is 14.1. The van der Waals surface area contributed by atoms with E-state index in [-0.39, 0.29) is 17.5 Å². The Hall–Kier alpha value is -2.32. The lowest BCUT2D eigenvalue weighted by atomic mass is 10.3. The number of benzene rings is 1. The first-order chi connectivity index (χ1) is 11.4. The second kappa shape index (κ2) is 6.29. The largest absolute Gasteiger partial charge is 0.309 e. The lowest BCUT2D eigenvalue weighted by Crippen LogP contribution is -2.26. The van der Waals surface area contributed by atoms with Gasteiger partial charge in [0.05, 0.1) is 6.54 Å². The minimum absolute atomic E-state index is 0.0504. The molecule has 2 heterocycles. The summed E-state index contributed by atoms with van der Waals surface area (Å²) >= 11 is 0. The lowest BCUT2D eigenvalue weighted by molar-refractivity contribution is 0.544. The molecular weight excluding hydrogens is 331 g/mol. The fourth-order valence-electron chi connectivity index (χ4n) is 2.54. The molecule has 0 saturated heterocycles. The van der Waals surface area contributed by atoms with E-state index in [1.165, 1.54) is 18.2 Å². The standard InChI is InChI=1S/C16H17FN4O2S/c1-11(2)21-15(20-13-7-5-9-18-16(13)21)10-19-24(22,23)14-8-4-3-6-12(14)17/h3-9,11,19H,10H2,1-2H3. The molecule has 1 aromatic carbocycles. The number of pyridine rings is 1.